The number of carbonyl (C=O) groups is 2. The van der Waals surface area contributed by atoms with Crippen molar-refractivity contribution in [2.45, 2.75) is 25.8 Å². The minimum Gasteiger partial charge on any atom is -0.361 e. The molecule has 1 aliphatic rings. The Morgan fingerprint density at radius 2 is 1.90 bits per heavy atom. The van der Waals surface area contributed by atoms with Crippen molar-refractivity contribution >= 4 is 34.2 Å². The Labute approximate surface area is 174 Å². The van der Waals surface area contributed by atoms with Gasteiger partial charge in [0.1, 0.15) is 0 Å². The third kappa shape index (κ3) is 4.62. The molecule has 1 aromatic carbocycles. The molecular weight excluding hydrogens is 384 g/mol. The van der Waals surface area contributed by atoms with Crippen molar-refractivity contribution in [3.05, 3.63) is 58.4 Å². The van der Waals surface area contributed by atoms with Crippen molar-refractivity contribution < 1.29 is 9.59 Å². The van der Waals surface area contributed by atoms with E-state index in [-0.39, 0.29) is 18.0 Å². The number of aromatic nitrogens is 1. The third-order valence-electron chi connectivity index (χ3n) is 5.43. The van der Waals surface area contributed by atoms with Crippen LogP contribution in [0.15, 0.2) is 47.3 Å². The van der Waals surface area contributed by atoms with Crippen molar-refractivity contribution in [1.82, 2.24) is 20.1 Å². The summed E-state index contributed by atoms with van der Waals surface area (Å²) in [5, 5.41) is 8.33. The summed E-state index contributed by atoms with van der Waals surface area (Å²) in [5.41, 5.74) is 3.32. The average molecular weight is 411 g/mol. The fourth-order valence-electron chi connectivity index (χ4n) is 3.83. The van der Waals surface area contributed by atoms with Crippen molar-refractivity contribution in [2.75, 3.05) is 26.2 Å². The summed E-state index contributed by atoms with van der Waals surface area (Å²) < 4.78 is 0. The quantitative estimate of drug-likeness (QED) is 0.678. The molecule has 0 bridgehead atoms. The van der Waals surface area contributed by atoms with E-state index < -0.39 is 0 Å². The molecule has 2 aromatic heterocycles. The number of amides is 3. The van der Waals surface area contributed by atoms with Crippen LogP contribution in [0.3, 0.4) is 0 Å². The van der Waals surface area contributed by atoms with Crippen molar-refractivity contribution in [2.24, 2.45) is 0 Å². The molecule has 1 fully saturated rings. The highest BCUT2D eigenvalue weighted by Gasteiger charge is 2.25. The number of rotatable bonds is 5. The number of H-pyrrole nitrogens is 1. The lowest BCUT2D eigenvalue weighted by molar-refractivity contribution is -0.131. The summed E-state index contributed by atoms with van der Waals surface area (Å²) in [5.74, 6) is 0.112. The van der Waals surface area contributed by atoms with Crippen LogP contribution in [0, 0.1) is 0 Å². The van der Waals surface area contributed by atoms with Gasteiger partial charge in [0.15, 0.2) is 0 Å². The smallest absolute Gasteiger partial charge is 0.317 e. The maximum atomic E-state index is 12.7. The molecule has 1 aliphatic heterocycles. The molecule has 1 saturated heterocycles. The van der Waals surface area contributed by atoms with Crippen LogP contribution < -0.4 is 5.32 Å². The summed E-state index contributed by atoms with van der Waals surface area (Å²) >= 11 is 1.67. The number of para-hydroxylation sites is 1. The van der Waals surface area contributed by atoms with E-state index in [1.807, 2.05) is 42.3 Å². The van der Waals surface area contributed by atoms with Gasteiger partial charge in [0.2, 0.25) is 5.91 Å². The largest absolute Gasteiger partial charge is 0.361 e. The standard InChI is InChI=1S/C22H26N4O2S/c1-16(12-17-6-11-29-15-17)24-22(28)26-9-7-25(8-10-26)21(27)13-18-14-23-20-5-3-2-4-19(18)20/h2-6,11,14-16,23H,7-10,12-13H2,1H3,(H,24,28). The first-order chi connectivity index (χ1) is 14.1. The fourth-order valence-corrected chi connectivity index (χ4v) is 4.51. The van der Waals surface area contributed by atoms with E-state index in [0.717, 1.165) is 22.9 Å². The molecule has 3 aromatic rings. The molecule has 0 aliphatic carbocycles. The van der Waals surface area contributed by atoms with E-state index in [9.17, 15) is 9.59 Å². The Bertz CT molecular complexity index is 974. The lowest BCUT2D eigenvalue weighted by Gasteiger charge is -2.35. The molecule has 3 amide bonds. The number of thiophene rings is 1. The van der Waals surface area contributed by atoms with Crippen molar-refractivity contribution in [1.29, 1.82) is 0 Å². The summed E-state index contributed by atoms with van der Waals surface area (Å²) in [6, 6.07) is 10.1. The van der Waals surface area contributed by atoms with Crippen LogP contribution in [0.2, 0.25) is 0 Å². The molecule has 152 valence electrons. The highest BCUT2D eigenvalue weighted by atomic mass is 32.1. The second-order valence-corrected chi connectivity index (χ2v) is 8.37. The number of nitrogens with one attached hydrogen (secondary N) is 2. The maximum Gasteiger partial charge on any atom is 0.317 e. The number of hydrogen-bond acceptors (Lipinski definition) is 3. The Kier molecular flexibility index (Phi) is 5.85. The molecular formula is C22H26N4O2S. The minimum absolute atomic E-state index is 0.0449. The maximum absolute atomic E-state index is 12.7. The Balaban J connectivity index is 1.26. The van der Waals surface area contributed by atoms with E-state index in [1.165, 1.54) is 5.56 Å². The first-order valence-corrected chi connectivity index (χ1v) is 10.9. The van der Waals surface area contributed by atoms with Gasteiger partial charge in [-0.2, -0.15) is 11.3 Å². The normalized spacial score (nSPS) is 15.5. The monoisotopic (exact) mass is 410 g/mol. The van der Waals surface area contributed by atoms with E-state index in [1.54, 1.807) is 16.2 Å². The van der Waals surface area contributed by atoms with Gasteiger partial charge in [-0.15, -0.1) is 0 Å². The van der Waals surface area contributed by atoms with Crippen LogP contribution in [0.25, 0.3) is 10.9 Å². The molecule has 6 nitrogen and oxygen atoms in total. The van der Waals surface area contributed by atoms with Crippen LogP contribution in [0.4, 0.5) is 4.79 Å². The van der Waals surface area contributed by atoms with E-state index in [0.29, 0.717) is 32.6 Å². The number of benzene rings is 1. The molecule has 1 atom stereocenters. The predicted octanol–water partition coefficient (Wildman–Crippen LogP) is 3.26. The van der Waals surface area contributed by atoms with Gasteiger partial charge in [-0.25, -0.2) is 4.79 Å². The molecule has 0 spiro atoms. The van der Waals surface area contributed by atoms with Crippen LogP contribution in [0.1, 0.15) is 18.1 Å². The lowest BCUT2D eigenvalue weighted by atomic mass is 10.1. The molecule has 1 unspecified atom stereocenters. The zero-order valence-electron chi connectivity index (χ0n) is 16.6. The highest BCUT2D eigenvalue weighted by molar-refractivity contribution is 7.07. The Morgan fingerprint density at radius 3 is 2.66 bits per heavy atom. The van der Waals surface area contributed by atoms with Gasteiger partial charge < -0.3 is 20.1 Å². The van der Waals surface area contributed by atoms with E-state index >= 15 is 0 Å². The molecule has 4 rings (SSSR count). The summed E-state index contributed by atoms with van der Waals surface area (Å²) in [4.78, 5) is 32.1. The summed E-state index contributed by atoms with van der Waals surface area (Å²) in [6.07, 6.45) is 3.13. The number of urea groups is 1. The molecule has 29 heavy (non-hydrogen) atoms. The summed E-state index contributed by atoms with van der Waals surface area (Å²) in [7, 11) is 0. The van der Waals surface area contributed by atoms with Gasteiger partial charge in [0, 0.05) is 49.3 Å². The van der Waals surface area contributed by atoms with Gasteiger partial charge >= 0.3 is 6.03 Å². The molecule has 7 heteroatoms. The zero-order valence-corrected chi connectivity index (χ0v) is 17.4. The second-order valence-electron chi connectivity index (χ2n) is 7.59. The number of fused-ring (bicyclic) bond motifs is 1. The van der Waals surface area contributed by atoms with Gasteiger partial charge in [-0.1, -0.05) is 18.2 Å². The van der Waals surface area contributed by atoms with E-state index in [2.05, 4.69) is 27.1 Å². The number of carbonyl (C=O) groups excluding carboxylic acids is 2. The van der Waals surface area contributed by atoms with Crippen LogP contribution in [-0.4, -0.2) is 58.9 Å². The Hall–Kier alpha value is -2.80. The predicted molar refractivity (Wildman–Crippen MR) is 116 cm³/mol. The number of piperazine rings is 1. The zero-order chi connectivity index (χ0) is 20.2. The summed E-state index contributed by atoms with van der Waals surface area (Å²) in [6.45, 7) is 4.31. The number of aromatic amines is 1. The number of hydrogen-bond donors (Lipinski definition) is 2. The van der Waals surface area contributed by atoms with Gasteiger partial charge in [-0.05, 0) is 47.4 Å². The fraction of sp³-hybridized carbons (Fsp3) is 0.364. The first-order valence-electron chi connectivity index (χ1n) is 9.99. The van der Waals surface area contributed by atoms with E-state index in [4.69, 9.17) is 0 Å². The van der Waals surface area contributed by atoms with Gasteiger partial charge in [0.25, 0.3) is 0 Å². The van der Waals surface area contributed by atoms with Gasteiger partial charge in [-0.3, -0.25) is 4.79 Å². The van der Waals surface area contributed by atoms with Crippen molar-refractivity contribution in [3.8, 4) is 0 Å². The lowest BCUT2D eigenvalue weighted by Crippen LogP contribution is -2.54. The third-order valence-corrected chi connectivity index (χ3v) is 6.16. The van der Waals surface area contributed by atoms with Crippen LogP contribution in [-0.2, 0) is 17.6 Å². The topological polar surface area (TPSA) is 68.4 Å². The number of nitrogens with zero attached hydrogens (tertiary/aromatic N) is 2. The van der Waals surface area contributed by atoms with Crippen LogP contribution >= 0.6 is 11.3 Å². The SMILES string of the molecule is CC(Cc1ccsc1)NC(=O)N1CCN(C(=O)Cc2c[nH]c3ccccc23)CC1. The first kappa shape index (κ1) is 19.5. The Morgan fingerprint density at radius 1 is 1.14 bits per heavy atom. The van der Waals surface area contributed by atoms with Crippen LogP contribution in [0.5, 0.6) is 0 Å². The molecule has 3 heterocycles. The van der Waals surface area contributed by atoms with Crippen molar-refractivity contribution in [3.63, 3.8) is 0 Å². The minimum atomic E-state index is -0.0449. The average Bonchev–Trinajstić information content (AvgIpc) is 3.38. The molecule has 2 N–H and O–H groups in total. The molecule has 0 radical (unpaired) electrons. The molecule has 0 saturated carbocycles. The second kappa shape index (κ2) is 8.69. The highest BCUT2D eigenvalue weighted by Crippen LogP contribution is 2.19. The van der Waals surface area contributed by atoms with Gasteiger partial charge in [0.05, 0.1) is 6.42 Å².